The first-order valence-electron chi connectivity index (χ1n) is 10.8. The second kappa shape index (κ2) is 7.91. The number of benzene rings is 1. The lowest BCUT2D eigenvalue weighted by molar-refractivity contribution is -0.286. The highest BCUT2D eigenvalue weighted by Gasteiger charge is 2.53. The molecule has 2 aromatic heterocycles. The van der Waals surface area contributed by atoms with E-state index in [0.29, 0.717) is 48.6 Å². The molecule has 2 aliphatic rings. The zero-order valence-electron chi connectivity index (χ0n) is 18.3. The molecule has 1 saturated carbocycles. The number of fused-ring (bicyclic) bond motifs is 1. The number of aromatic nitrogens is 2. The predicted molar refractivity (Wildman–Crippen MR) is 120 cm³/mol. The number of nitrogens with one attached hydrogen (secondary N) is 1. The molecule has 3 N–H and O–H groups in total. The lowest BCUT2D eigenvalue weighted by Gasteiger charge is -2.17. The average Bonchev–Trinajstić information content (AvgIpc) is 3.54. The van der Waals surface area contributed by atoms with E-state index in [1.54, 1.807) is 24.4 Å². The summed E-state index contributed by atoms with van der Waals surface area (Å²) in [6.45, 7) is 2.64. The maximum atomic E-state index is 13.4. The van der Waals surface area contributed by atoms with E-state index in [-0.39, 0.29) is 23.0 Å². The molecular formula is C24H22F2N4O4. The molecule has 176 valence electrons. The third-order valence-electron chi connectivity index (χ3n) is 6.12. The van der Waals surface area contributed by atoms with E-state index in [1.165, 1.54) is 22.8 Å². The minimum Gasteiger partial charge on any atom is -0.395 e. The van der Waals surface area contributed by atoms with Gasteiger partial charge in [0.2, 0.25) is 5.91 Å². The van der Waals surface area contributed by atoms with E-state index in [9.17, 15) is 18.4 Å². The second-order valence-electron chi connectivity index (χ2n) is 8.46. The van der Waals surface area contributed by atoms with Gasteiger partial charge in [-0.2, -0.15) is 0 Å². The Morgan fingerprint density at radius 2 is 1.91 bits per heavy atom. The molecule has 0 bridgehead atoms. The number of amides is 1. The van der Waals surface area contributed by atoms with Crippen molar-refractivity contribution in [3.05, 3.63) is 70.1 Å². The van der Waals surface area contributed by atoms with E-state index in [0.717, 1.165) is 5.56 Å². The summed E-state index contributed by atoms with van der Waals surface area (Å²) in [5.74, 6) is -0.126. The minimum absolute atomic E-state index is 0.0665. The average molecular weight is 468 g/mol. The Labute approximate surface area is 193 Å². The molecule has 3 heterocycles. The van der Waals surface area contributed by atoms with Crippen LogP contribution in [-0.2, 0) is 16.8 Å². The maximum absolute atomic E-state index is 13.4. The monoisotopic (exact) mass is 468 g/mol. The molecule has 1 aromatic carbocycles. The van der Waals surface area contributed by atoms with Gasteiger partial charge in [-0.05, 0) is 55.2 Å². The van der Waals surface area contributed by atoms with E-state index < -0.39 is 11.7 Å². The Hall–Kier alpha value is -3.79. The summed E-state index contributed by atoms with van der Waals surface area (Å²) in [6.07, 6.45) is -0.924. The summed E-state index contributed by atoms with van der Waals surface area (Å²) >= 11 is 0. The topological polar surface area (TPSA) is 108 Å². The SMILES string of the molecule is Cc1ccc(NC(=O)C2(c3ccc4c(c3)OC(F)(F)O4)CC2)nc1-c1ccn(CCN)c(=O)c1. The van der Waals surface area contributed by atoms with Gasteiger partial charge in [-0.15, -0.1) is 8.78 Å². The third-order valence-corrected chi connectivity index (χ3v) is 6.12. The van der Waals surface area contributed by atoms with Crippen LogP contribution in [0.15, 0.2) is 53.5 Å². The molecule has 0 radical (unpaired) electrons. The van der Waals surface area contributed by atoms with Crippen LogP contribution in [0.3, 0.4) is 0 Å². The van der Waals surface area contributed by atoms with Crippen molar-refractivity contribution in [2.45, 2.75) is 38.0 Å². The predicted octanol–water partition coefficient (Wildman–Crippen LogP) is 3.17. The van der Waals surface area contributed by atoms with E-state index in [1.807, 2.05) is 13.0 Å². The summed E-state index contributed by atoms with van der Waals surface area (Å²) in [5.41, 5.74) is 7.10. The van der Waals surface area contributed by atoms with Crippen LogP contribution in [0.2, 0.25) is 0 Å². The largest absolute Gasteiger partial charge is 0.586 e. The van der Waals surface area contributed by atoms with Crippen LogP contribution in [0.25, 0.3) is 11.3 Å². The molecule has 3 aromatic rings. The van der Waals surface area contributed by atoms with Crippen molar-refractivity contribution in [1.29, 1.82) is 0 Å². The van der Waals surface area contributed by atoms with Crippen LogP contribution in [-0.4, -0.2) is 28.3 Å². The first-order valence-corrected chi connectivity index (χ1v) is 10.8. The fraction of sp³-hybridized carbons (Fsp3) is 0.292. The third kappa shape index (κ3) is 3.90. The van der Waals surface area contributed by atoms with Crippen molar-refractivity contribution in [2.24, 2.45) is 5.73 Å². The Balaban J connectivity index is 1.39. The first kappa shape index (κ1) is 22.0. The fourth-order valence-corrected chi connectivity index (χ4v) is 4.12. The minimum atomic E-state index is -3.72. The summed E-state index contributed by atoms with van der Waals surface area (Å²) < 4.78 is 37.2. The number of ether oxygens (including phenoxy) is 2. The molecule has 0 saturated heterocycles. The molecule has 34 heavy (non-hydrogen) atoms. The lowest BCUT2D eigenvalue weighted by atomic mass is 9.94. The molecule has 0 spiro atoms. The normalized spacial score (nSPS) is 16.8. The van der Waals surface area contributed by atoms with Crippen LogP contribution in [0.1, 0.15) is 24.0 Å². The van der Waals surface area contributed by atoms with Gasteiger partial charge >= 0.3 is 6.29 Å². The number of pyridine rings is 2. The highest BCUT2D eigenvalue weighted by atomic mass is 19.3. The van der Waals surface area contributed by atoms with Crippen LogP contribution in [0.4, 0.5) is 14.6 Å². The van der Waals surface area contributed by atoms with Crippen molar-refractivity contribution in [2.75, 3.05) is 11.9 Å². The molecule has 1 aliphatic heterocycles. The van der Waals surface area contributed by atoms with Gasteiger partial charge in [0.15, 0.2) is 11.5 Å². The molecule has 5 rings (SSSR count). The van der Waals surface area contributed by atoms with Crippen molar-refractivity contribution in [1.82, 2.24) is 9.55 Å². The maximum Gasteiger partial charge on any atom is 0.586 e. The Bertz CT molecular complexity index is 1350. The summed E-state index contributed by atoms with van der Waals surface area (Å²) in [7, 11) is 0. The standard InChI is InChI=1S/C24H22F2N4O4/c1-14-2-5-19(28-21(14)15-6-10-30(11-9-27)20(31)12-15)29-22(32)23(7-8-23)16-3-4-17-18(13-16)34-24(25,26)33-17/h2-6,10,12-13H,7-9,11,27H2,1H3,(H,28,29,32). The van der Waals surface area contributed by atoms with E-state index in [2.05, 4.69) is 19.8 Å². The zero-order chi connectivity index (χ0) is 24.1. The number of carbonyl (C=O) groups excluding carboxylic acids is 1. The van der Waals surface area contributed by atoms with Crippen molar-refractivity contribution < 1.29 is 23.0 Å². The Kier molecular flexibility index (Phi) is 5.12. The molecule has 0 atom stereocenters. The van der Waals surface area contributed by atoms with Gasteiger partial charge in [-0.3, -0.25) is 9.59 Å². The number of nitrogens with two attached hydrogens (primary N) is 1. The van der Waals surface area contributed by atoms with Gasteiger partial charge in [0.25, 0.3) is 5.56 Å². The molecule has 1 fully saturated rings. The number of nitrogens with zero attached hydrogens (tertiary/aromatic N) is 2. The molecular weight excluding hydrogens is 446 g/mol. The number of hydrogen-bond acceptors (Lipinski definition) is 6. The van der Waals surface area contributed by atoms with E-state index >= 15 is 0 Å². The quantitative estimate of drug-likeness (QED) is 0.575. The summed E-state index contributed by atoms with van der Waals surface area (Å²) in [5, 5.41) is 2.84. The number of anilines is 1. The summed E-state index contributed by atoms with van der Waals surface area (Å²) in [4.78, 5) is 30.1. The molecule has 1 amide bonds. The highest BCUT2D eigenvalue weighted by molar-refractivity contribution is 6.01. The molecule has 1 aliphatic carbocycles. The van der Waals surface area contributed by atoms with Gasteiger partial charge in [0.05, 0.1) is 11.1 Å². The number of rotatable bonds is 6. The molecule has 8 nitrogen and oxygen atoms in total. The molecule has 10 heteroatoms. The van der Waals surface area contributed by atoms with E-state index in [4.69, 9.17) is 5.73 Å². The lowest BCUT2D eigenvalue weighted by Crippen LogP contribution is -2.28. The number of alkyl halides is 2. The van der Waals surface area contributed by atoms with Crippen molar-refractivity contribution in [3.8, 4) is 22.8 Å². The van der Waals surface area contributed by atoms with Crippen LogP contribution in [0, 0.1) is 6.92 Å². The smallest absolute Gasteiger partial charge is 0.395 e. The Morgan fingerprint density at radius 1 is 1.15 bits per heavy atom. The van der Waals surface area contributed by atoms with Crippen molar-refractivity contribution in [3.63, 3.8) is 0 Å². The number of halogens is 2. The zero-order valence-corrected chi connectivity index (χ0v) is 18.3. The number of aryl methyl sites for hydroxylation is 1. The van der Waals surface area contributed by atoms with Gasteiger partial charge in [0, 0.05) is 30.9 Å². The fourth-order valence-electron chi connectivity index (χ4n) is 4.12. The van der Waals surface area contributed by atoms with Gasteiger partial charge < -0.3 is 25.1 Å². The Morgan fingerprint density at radius 3 is 2.62 bits per heavy atom. The van der Waals surface area contributed by atoms with Gasteiger partial charge in [-0.25, -0.2) is 4.98 Å². The first-order chi connectivity index (χ1) is 16.2. The van der Waals surface area contributed by atoms with Crippen LogP contribution in [0.5, 0.6) is 11.5 Å². The van der Waals surface area contributed by atoms with Crippen LogP contribution >= 0.6 is 0 Å². The van der Waals surface area contributed by atoms with Gasteiger partial charge in [-0.1, -0.05) is 12.1 Å². The molecule has 0 unspecified atom stereocenters. The van der Waals surface area contributed by atoms with Gasteiger partial charge in [0.1, 0.15) is 5.82 Å². The number of hydrogen-bond donors (Lipinski definition) is 2. The highest BCUT2D eigenvalue weighted by Crippen LogP contribution is 2.52. The summed E-state index contributed by atoms with van der Waals surface area (Å²) in [6, 6.07) is 11.2. The second-order valence-corrected chi connectivity index (χ2v) is 8.46. The van der Waals surface area contributed by atoms with Crippen molar-refractivity contribution >= 4 is 11.7 Å². The van der Waals surface area contributed by atoms with Crippen LogP contribution < -0.4 is 26.1 Å². The number of carbonyl (C=O) groups is 1.